The van der Waals surface area contributed by atoms with E-state index in [0.29, 0.717) is 22.7 Å². The molecule has 0 bridgehead atoms. The smallest absolute Gasteiger partial charge is 0.236 e. The van der Waals surface area contributed by atoms with Gasteiger partial charge in [-0.3, -0.25) is 10.1 Å². The summed E-state index contributed by atoms with van der Waals surface area (Å²) in [5.41, 5.74) is 2.91. The van der Waals surface area contributed by atoms with E-state index in [4.69, 9.17) is 0 Å². The number of nitrogens with one attached hydrogen (secondary N) is 1. The van der Waals surface area contributed by atoms with Crippen molar-refractivity contribution in [2.24, 2.45) is 0 Å². The van der Waals surface area contributed by atoms with Crippen LogP contribution in [-0.2, 0) is 11.3 Å². The van der Waals surface area contributed by atoms with Crippen molar-refractivity contribution in [2.75, 3.05) is 11.1 Å². The number of carbonyl (C=O) groups excluding carboxylic acids is 1. The summed E-state index contributed by atoms with van der Waals surface area (Å²) in [6, 6.07) is 14.1. The van der Waals surface area contributed by atoms with Gasteiger partial charge in [-0.15, -0.1) is 20.4 Å². The molecule has 0 radical (unpaired) electrons. The Hall–Kier alpha value is -3.11. The predicted molar refractivity (Wildman–Crippen MR) is 125 cm³/mol. The summed E-state index contributed by atoms with van der Waals surface area (Å²) >= 11 is 2.63. The Labute approximate surface area is 193 Å². The first-order chi connectivity index (χ1) is 15.5. The summed E-state index contributed by atoms with van der Waals surface area (Å²) in [6.45, 7) is 4.77. The van der Waals surface area contributed by atoms with E-state index in [1.165, 1.54) is 40.8 Å². The van der Waals surface area contributed by atoms with Crippen LogP contribution in [0.1, 0.15) is 18.9 Å². The monoisotopic (exact) mass is 468 g/mol. The number of hydrogen-bond donors (Lipinski definition) is 1. The highest BCUT2D eigenvalue weighted by atomic mass is 32.2. The molecule has 0 aliphatic carbocycles. The molecule has 2 aromatic carbocycles. The number of benzene rings is 2. The number of aromatic nitrogens is 5. The highest BCUT2D eigenvalue weighted by Crippen LogP contribution is 2.28. The van der Waals surface area contributed by atoms with Gasteiger partial charge in [0.25, 0.3) is 0 Å². The SMILES string of the molecule is CCCn1c(SCC(=O)Nc2nnc(-c3ccc(C)cc3)s2)nnc1-c1ccc(F)cc1. The van der Waals surface area contributed by atoms with Crippen molar-refractivity contribution < 1.29 is 9.18 Å². The molecule has 32 heavy (non-hydrogen) atoms. The Bertz CT molecular complexity index is 1200. The van der Waals surface area contributed by atoms with Gasteiger partial charge in [0, 0.05) is 17.7 Å². The van der Waals surface area contributed by atoms with Crippen LogP contribution in [0.3, 0.4) is 0 Å². The Kier molecular flexibility index (Phi) is 6.91. The number of anilines is 1. The fourth-order valence-corrected chi connectivity index (χ4v) is 4.53. The minimum atomic E-state index is -0.302. The topological polar surface area (TPSA) is 85.6 Å². The second-order valence-corrected chi connectivity index (χ2v) is 9.00. The summed E-state index contributed by atoms with van der Waals surface area (Å²) in [7, 11) is 0. The molecule has 164 valence electrons. The van der Waals surface area contributed by atoms with Crippen LogP contribution in [0.4, 0.5) is 9.52 Å². The van der Waals surface area contributed by atoms with Crippen LogP contribution in [0.5, 0.6) is 0 Å². The second kappa shape index (κ2) is 10.0. The van der Waals surface area contributed by atoms with Crippen molar-refractivity contribution in [1.29, 1.82) is 0 Å². The Balaban J connectivity index is 1.41. The highest BCUT2D eigenvalue weighted by Gasteiger charge is 2.16. The third kappa shape index (κ3) is 5.20. The highest BCUT2D eigenvalue weighted by molar-refractivity contribution is 7.99. The van der Waals surface area contributed by atoms with Crippen LogP contribution in [0.25, 0.3) is 22.0 Å². The van der Waals surface area contributed by atoms with Gasteiger partial charge in [0.1, 0.15) is 10.8 Å². The molecule has 0 saturated carbocycles. The van der Waals surface area contributed by atoms with Gasteiger partial charge in [0.15, 0.2) is 11.0 Å². The maximum absolute atomic E-state index is 13.3. The minimum Gasteiger partial charge on any atom is -0.302 e. The van der Waals surface area contributed by atoms with Gasteiger partial charge in [-0.2, -0.15) is 0 Å². The molecule has 4 rings (SSSR count). The molecule has 1 amide bonds. The van der Waals surface area contributed by atoms with E-state index >= 15 is 0 Å². The summed E-state index contributed by atoms with van der Waals surface area (Å²) in [5.74, 6) is 0.312. The molecule has 2 heterocycles. The zero-order valence-corrected chi connectivity index (χ0v) is 19.2. The fourth-order valence-electron chi connectivity index (χ4n) is 3.01. The van der Waals surface area contributed by atoms with Gasteiger partial charge in [-0.1, -0.05) is 59.9 Å². The molecule has 4 aromatic rings. The number of halogens is 1. The molecule has 0 spiro atoms. The molecule has 7 nitrogen and oxygen atoms in total. The average Bonchev–Trinajstić information content (AvgIpc) is 3.41. The molecule has 0 aliphatic rings. The minimum absolute atomic E-state index is 0.157. The van der Waals surface area contributed by atoms with Crippen LogP contribution in [0.2, 0.25) is 0 Å². The van der Waals surface area contributed by atoms with E-state index in [-0.39, 0.29) is 17.5 Å². The quantitative estimate of drug-likeness (QED) is 0.364. The van der Waals surface area contributed by atoms with E-state index in [1.54, 1.807) is 12.1 Å². The van der Waals surface area contributed by atoms with Crippen molar-refractivity contribution in [3.05, 3.63) is 59.9 Å². The lowest BCUT2D eigenvalue weighted by molar-refractivity contribution is -0.113. The number of carbonyl (C=O) groups is 1. The Morgan fingerprint density at radius 1 is 1.03 bits per heavy atom. The van der Waals surface area contributed by atoms with E-state index in [1.807, 2.05) is 35.8 Å². The molecule has 0 saturated heterocycles. The summed E-state index contributed by atoms with van der Waals surface area (Å²) in [6.07, 6.45) is 0.874. The Morgan fingerprint density at radius 3 is 2.47 bits per heavy atom. The van der Waals surface area contributed by atoms with Gasteiger partial charge in [0.05, 0.1) is 5.75 Å². The lowest BCUT2D eigenvalue weighted by Crippen LogP contribution is -2.14. The molecular formula is C22H21FN6OS2. The van der Waals surface area contributed by atoms with E-state index < -0.39 is 0 Å². The van der Waals surface area contributed by atoms with Crippen molar-refractivity contribution in [2.45, 2.75) is 32.0 Å². The molecular weight excluding hydrogens is 447 g/mol. The normalized spacial score (nSPS) is 11.0. The maximum Gasteiger partial charge on any atom is 0.236 e. The fraction of sp³-hybridized carbons (Fsp3) is 0.227. The van der Waals surface area contributed by atoms with Gasteiger partial charge in [-0.05, 0) is 37.6 Å². The van der Waals surface area contributed by atoms with Gasteiger partial charge < -0.3 is 4.57 Å². The van der Waals surface area contributed by atoms with Gasteiger partial charge >= 0.3 is 0 Å². The number of nitrogens with zero attached hydrogens (tertiary/aromatic N) is 5. The lowest BCUT2D eigenvalue weighted by atomic mass is 10.2. The number of amides is 1. The van der Waals surface area contributed by atoms with Crippen LogP contribution in [0.15, 0.2) is 53.7 Å². The van der Waals surface area contributed by atoms with Crippen molar-refractivity contribution in [3.63, 3.8) is 0 Å². The second-order valence-electron chi connectivity index (χ2n) is 7.08. The largest absolute Gasteiger partial charge is 0.302 e. The van der Waals surface area contributed by atoms with E-state index in [0.717, 1.165) is 22.6 Å². The van der Waals surface area contributed by atoms with Crippen molar-refractivity contribution in [1.82, 2.24) is 25.0 Å². The molecule has 0 atom stereocenters. The zero-order valence-electron chi connectivity index (χ0n) is 17.6. The third-order valence-electron chi connectivity index (χ3n) is 4.57. The Morgan fingerprint density at radius 2 is 1.75 bits per heavy atom. The molecule has 0 unspecified atom stereocenters. The zero-order chi connectivity index (χ0) is 22.5. The summed E-state index contributed by atoms with van der Waals surface area (Å²) in [4.78, 5) is 12.5. The average molecular weight is 469 g/mol. The number of hydrogen-bond acceptors (Lipinski definition) is 7. The molecule has 10 heteroatoms. The van der Waals surface area contributed by atoms with Crippen LogP contribution < -0.4 is 5.32 Å². The first-order valence-corrected chi connectivity index (χ1v) is 11.9. The summed E-state index contributed by atoms with van der Waals surface area (Å²) in [5, 5.41) is 21.4. The van der Waals surface area contributed by atoms with E-state index in [9.17, 15) is 9.18 Å². The molecule has 2 aromatic heterocycles. The van der Waals surface area contributed by atoms with Gasteiger partial charge in [-0.25, -0.2) is 4.39 Å². The first kappa shape index (κ1) is 22.1. The lowest BCUT2D eigenvalue weighted by Gasteiger charge is -2.08. The number of rotatable bonds is 8. The number of aryl methyl sites for hydroxylation is 1. The van der Waals surface area contributed by atoms with Crippen LogP contribution >= 0.6 is 23.1 Å². The van der Waals surface area contributed by atoms with Crippen molar-refractivity contribution in [3.8, 4) is 22.0 Å². The standard InChI is InChI=1S/C22H21FN6OS2/c1-3-12-29-19(15-8-10-17(23)11-9-15)25-28-22(29)31-13-18(30)24-21-27-26-20(32-21)16-6-4-14(2)5-7-16/h4-11H,3,12-13H2,1-2H3,(H,24,27,30). The number of thioether (sulfide) groups is 1. The maximum atomic E-state index is 13.3. The first-order valence-electron chi connectivity index (χ1n) is 10.1. The van der Waals surface area contributed by atoms with Crippen LogP contribution in [-0.4, -0.2) is 36.6 Å². The molecule has 0 aliphatic heterocycles. The van der Waals surface area contributed by atoms with Crippen molar-refractivity contribution >= 4 is 34.1 Å². The summed E-state index contributed by atoms with van der Waals surface area (Å²) < 4.78 is 15.2. The molecule has 0 fully saturated rings. The van der Waals surface area contributed by atoms with E-state index in [2.05, 4.69) is 32.6 Å². The van der Waals surface area contributed by atoms with Gasteiger partial charge in [0.2, 0.25) is 11.0 Å². The molecule has 1 N–H and O–H groups in total. The van der Waals surface area contributed by atoms with Crippen LogP contribution in [0, 0.1) is 12.7 Å². The predicted octanol–water partition coefficient (Wildman–Crippen LogP) is 5.05. The third-order valence-corrected chi connectivity index (χ3v) is 6.42.